The van der Waals surface area contributed by atoms with E-state index in [9.17, 15) is 9.50 Å². The molecule has 0 bridgehead atoms. The maximum atomic E-state index is 13.5. The van der Waals surface area contributed by atoms with Gasteiger partial charge < -0.3 is 9.84 Å². The molecule has 0 amide bonds. The van der Waals surface area contributed by atoms with Crippen LogP contribution in [0.5, 0.6) is 11.5 Å². The number of hydrogen-bond acceptors (Lipinski definition) is 2. The van der Waals surface area contributed by atoms with Gasteiger partial charge in [0.15, 0.2) is 11.6 Å². The first-order valence-corrected chi connectivity index (χ1v) is 6.26. The van der Waals surface area contributed by atoms with E-state index in [1.165, 1.54) is 6.07 Å². The summed E-state index contributed by atoms with van der Waals surface area (Å²) in [5, 5.41) is 9.37. The molecule has 2 rings (SSSR count). The van der Waals surface area contributed by atoms with Crippen LogP contribution in [0.15, 0.2) is 46.9 Å². The summed E-state index contributed by atoms with van der Waals surface area (Å²) in [7, 11) is 0. The smallest absolute Gasteiger partial charge is 0.166 e. The van der Waals surface area contributed by atoms with E-state index < -0.39 is 11.9 Å². The van der Waals surface area contributed by atoms with Gasteiger partial charge in [-0.25, -0.2) is 4.39 Å². The van der Waals surface area contributed by atoms with Crippen molar-refractivity contribution in [2.24, 2.45) is 0 Å². The number of hydrogen-bond donors (Lipinski definition) is 1. The second kappa shape index (κ2) is 5.50. The number of aliphatic hydroxyl groups excluding tert-OH is 1. The zero-order valence-corrected chi connectivity index (χ0v) is 11.3. The average Bonchev–Trinajstić information content (AvgIpc) is 2.33. The van der Waals surface area contributed by atoms with Gasteiger partial charge >= 0.3 is 0 Å². The van der Waals surface area contributed by atoms with Crippen molar-refractivity contribution in [2.75, 3.05) is 0 Å². The van der Waals surface area contributed by atoms with Gasteiger partial charge in [-0.2, -0.15) is 0 Å². The minimum Gasteiger partial charge on any atom is -0.454 e. The maximum Gasteiger partial charge on any atom is 0.166 e. The topological polar surface area (TPSA) is 29.5 Å². The van der Waals surface area contributed by atoms with Crippen LogP contribution in [0.2, 0.25) is 0 Å². The SMILES string of the molecule is C[C@H](O)c1ccc(Oc2ccc(Br)cc2F)cc1. The van der Waals surface area contributed by atoms with Crippen molar-refractivity contribution in [1.29, 1.82) is 0 Å². The average molecular weight is 311 g/mol. The second-order valence-electron chi connectivity index (χ2n) is 3.92. The molecule has 0 aliphatic rings. The minimum absolute atomic E-state index is 0.169. The number of benzene rings is 2. The van der Waals surface area contributed by atoms with Gasteiger partial charge in [-0.3, -0.25) is 0 Å². The first kappa shape index (κ1) is 13.1. The summed E-state index contributed by atoms with van der Waals surface area (Å²) in [6.45, 7) is 1.68. The fraction of sp³-hybridized carbons (Fsp3) is 0.143. The van der Waals surface area contributed by atoms with E-state index in [2.05, 4.69) is 15.9 Å². The molecular weight excluding hydrogens is 299 g/mol. The molecule has 0 radical (unpaired) electrons. The zero-order chi connectivity index (χ0) is 13.1. The Balaban J connectivity index is 2.18. The molecular formula is C14H12BrFO2. The second-order valence-corrected chi connectivity index (χ2v) is 4.84. The molecule has 4 heteroatoms. The lowest BCUT2D eigenvalue weighted by Crippen LogP contribution is -1.92. The molecule has 0 aliphatic heterocycles. The van der Waals surface area contributed by atoms with Gasteiger partial charge in [0.05, 0.1) is 6.10 Å². The fourth-order valence-corrected chi connectivity index (χ4v) is 1.83. The van der Waals surface area contributed by atoms with Gasteiger partial charge in [0, 0.05) is 4.47 Å². The Morgan fingerprint density at radius 2 is 1.83 bits per heavy atom. The van der Waals surface area contributed by atoms with E-state index in [0.717, 1.165) is 5.56 Å². The Bertz CT molecular complexity index is 538. The Morgan fingerprint density at radius 3 is 2.39 bits per heavy atom. The highest BCUT2D eigenvalue weighted by Gasteiger charge is 2.06. The first-order chi connectivity index (χ1) is 8.56. The number of ether oxygens (including phenoxy) is 1. The van der Waals surface area contributed by atoms with Crippen LogP contribution in [0.3, 0.4) is 0 Å². The molecule has 1 N–H and O–H groups in total. The molecule has 0 aliphatic carbocycles. The summed E-state index contributed by atoms with van der Waals surface area (Å²) >= 11 is 3.18. The van der Waals surface area contributed by atoms with Gasteiger partial charge in [0.25, 0.3) is 0 Å². The van der Waals surface area contributed by atoms with Crippen molar-refractivity contribution in [3.05, 3.63) is 58.3 Å². The highest BCUT2D eigenvalue weighted by Crippen LogP contribution is 2.27. The Hall–Kier alpha value is -1.39. The predicted molar refractivity (Wildman–Crippen MR) is 71.2 cm³/mol. The van der Waals surface area contributed by atoms with E-state index in [1.54, 1.807) is 43.3 Å². The Morgan fingerprint density at radius 1 is 1.17 bits per heavy atom. The molecule has 2 aromatic carbocycles. The van der Waals surface area contributed by atoms with Crippen molar-refractivity contribution in [2.45, 2.75) is 13.0 Å². The van der Waals surface area contributed by atoms with Crippen molar-refractivity contribution in [1.82, 2.24) is 0 Å². The van der Waals surface area contributed by atoms with Crippen molar-refractivity contribution in [3.63, 3.8) is 0 Å². The molecule has 0 spiro atoms. The van der Waals surface area contributed by atoms with E-state index in [4.69, 9.17) is 4.74 Å². The third kappa shape index (κ3) is 3.09. The van der Waals surface area contributed by atoms with E-state index in [0.29, 0.717) is 10.2 Å². The van der Waals surface area contributed by atoms with Gasteiger partial charge in [0.1, 0.15) is 5.75 Å². The molecule has 0 aromatic heterocycles. The molecule has 2 nitrogen and oxygen atoms in total. The summed E-state index contributed by atoms with van der Waals surface area (Å²) in [5.74, 6) is 0.271. The predicted octanol–water partition coefficient (Wildman–Crippen LogP) is 4.43. The summed E-state index contributed by atoms with van der Waals surface area (Å²) in [6.07, 6.45) is -0.525. The molecule has 0 saturated carbocycles. The third-order valence-electron chi connectivity index (χ3n) is 2.48. The van der Waals surface area contributed by atoms with Crippen LogP contribution in [-0.2, 0) is 0 Å². The van der Waals surface area contributed by atoms with Gasteiger partial charge in [-0.1, -0.05) is 28.1 Å². The highest BCUT2D eigenvalue weighted by molar-refractivity contribution is 9.10. The van der Waals surface area contributed by atoms with Crippen molar-refractivity contribution in [3.8, 4) is 11.5 Å². The van der Waals surface area contributed by atoms with Crippen LogP contribution < -0.4 is 4.74 Å². The van der Waals surface area contributed by atoms with Crippen LogP contribution in [0.1, 0.15) is 18.6 Å². The van der Waals surface area contributed by atoms with Gasteiger partial charge in [0.2, 0.25) is 0 Å². The normalized spacial score (nSPS) is 12.2. The molecule has 2 aromatic rings. The number of aliphatic hydroxyl groups is 1. The molecule has 94 valence electrons. The Kier molecular flexibility index (Phi) is 3.99. The lowest BCUT2D eigenvalue weighted by Gasteiger charge is -2.09. The van der Waals surface area contributed by atoms with Crippen LogP contribution >= 0.6 is 15.9 Å². The molecule has 18 heavy (non-hydrogen) atoms. The summed E-state index contributed by atoms with van der Waals surface area (Å²) in [4.78, 5) is 0. The van der Waals surface area contributed by atoms with E-state index in [-0.39, 0.29) is 5.75 Å². The van der Waals surface area contributed by atoms with Crippen LogP contribution in [-0.4, -0.2) is 5.11 Å². The molecule has 0 heterocycles. The highest BCUT2D eigenvalue weighted by atomic mass is 79.9. The van der Waals surface area contributed by atoms with Crippen LogP contribution in [0.25, 0.3) is 0 Å². The quantitative estimate of drug-likeness (QED) is 0.908. The number of rotatable bonds is 3. The van der Waals surface area contributed by atoms with E-state index in [1.807, 2.05) is 0 Å². The minimum atomic E-state index is -0.525. The number of halogens is 2. The summed E-state index contributed by atoms with van der Waals surface area (Å²) in [6, 6.07) is 11.5. The molecule has 0 unspecified atom stereocenters. The van der Waals surface area contributed by atoms with Crippen molar-refractivity contribution >= 4 is 15.9 Å². The van der Waals surface area contributed by atoms with Crippen molar-refractivity contribution < 1.29 is 14.2 Å². The molecule has 0 fully saturated rings. The fourth-order valence-electron chi connectivity index (χ4n) is 1.50. The van der Waals surface area contributed by atoms with Crippen LogP contribution in [0.4, 0.5) is 4.39 Å². The maximum absolute atomic E-state index is 13.5. The lowest BCUT2D eigenvalue weighted by atomic mass is 10.1. The largest absolute Gasteiger partial charge is 0.454 e. The van der Waals surface area contributed by atoms with Gasteiger partial charge in [-0.15, -0.1) is 0 Å². The summed E-state index contributed by atoms with van der Waals surface area (Å²) in [5.41, 5.74) is 0.790. The molecule has 0 saturated heterocycles. The summed E-state index contributed by atoms with van der Waals surface area (Å²) < 4.78 is 19.6. The molecule has 1 atom stereocenters. The first-order valence-electron chi connectivity index (χ1n) is 5.47. The third-order valence-corrected chi connectivity index (χ3v) is 2.98. The Labute approximate surface area is 113 Å². The van der Waals surface area contributed by atoms with E-state index >= 15 is 0 Å². The van der Waals surface area contributed by atoms with Crippen LogP contribution in [0, 0.1) is 5.82 Å². The zero-order valence-electron chi connectivity index (χ0n) is 9.73. The lowest BCUT2D eigenvalue weighted by molar-refractivity contribution is 0.199. The standard InChI is InChI=1S/C14H12BrFO2/c1-9(17)10-2-5-12(6-3-10)18-14-7-4-11(15)8-13(14)16/h2-9,17H,1H3/t9-/m0/s1. The van der Waals surface area contributed by atoms with Gasteiger partial charge in [-0.05, 0) is 42.8 Å². The monoisotopic (exact) mass is 310 g/mol.